The quantitative estimate of drug-likeness (QED) is 0.389. The number of hydrogen-bond donors (Lipinski definition) is 1. The second-order valence-electron chi connectivity index (χ2n) is 9.46. The number of nitrogens with zero attached hydrogens (tertiary/aromatic N) is 5. The monoisotopic (exact) mass is 536 g/mol. The molecule has 11 heteroatoms. The van der Waals surface area contributed by atoms with Crippen molar-refractivity contribution in [1.29, 1.82) is 0 Å². The van der Waals surface area contributed by atoms with Crippen molar-refractivity contribution in [2.24, 2.45) is 0 Å². The van der Waals surface area contributed by atoms with Crippen molar-refractivity contribution >= 4 is 28.4 Å². The lowest BCUT2D eigenvalue weighted by Crippen LogP contribution is -2.50. The highest BCUT2D eigenvalue weighted by Crippen LogP contribution is 2.28. The number of alkyl halides is 3. The third-order valence-electron chi connectivity index (χ3n) is 6.88. The molecule has 2 aromatic carbocycles. The molecule has 202 valence electrons. The molecule has 8 nitrogen and oxygen atoms in total. The number of pyridine rings is 1. The van der Waals surface area contributed by atoms with E-state index in [4.69, 9.17) is 0 Å². The summed E-state index contributed by atoms with van der Waals surface area (Å²) in [6.07, 6.45) is -2.94. The maximum atomic E-state index is 13.0. The fourth-order valence-electron chi connectivity index (χ4n) is 4.69. The van der Waals surface area contributed by atoms with Crippen LogP contribution in [-0.4, -0.2) is 62.6 Å². The molecule has 5 rings (SSSR count). The minimum atomic E-state index is -4.64. The number of rotatable bonds is 6. The van der Waals surface area contributed by atoms with Gasteiger partial charge in [-0.2, -0.15) is 18.3 Å². The van der Waals surface area contributed by atoms with E-state index in [9.17, 15) is 22.8 Å². The Hall–Kier alpha value is -4.25. The van der Waals surface area contributed by atoms with Crippen molar-refractivity contribution in [3.8, 4) is 0 Å². The average molecular weight is 537 g/mol. The summed E-state index contributed by atoms with van der Waals surface area (Å²) in [7, 11) is 0. The van der Waals surface area contributed by atoms with Gasteiger partial charge in [0.15, 0.2) is 0 Å². The molecule has 0 aliphatic carbocycles. The van der Waals surface area contributed by atoms with Gasteiger partial charge in [-0.15, -0.1) is 0 Å². The smallest absolute Gasteiger partial charge is 0.339 e. The zero-order valence-corrected chi connectivity index (χ0v) is 21.2. The van der Waals surface area contributed by atoms with Crippen LogP contribution in [0.2, 0.25) is 0 Å². The highest BCUT2D eigenvalue weighted by Gasteiger charge is 2.33. The molecule has 1 N–H and O–H groups in total. The topological polar surface area (TPSA) is 83.4 Å². The second-order valence-corrected chi connectivity index (χ2v) is 9.46. The van der Waals surface area contributed by atoms with E-state index in [0.29, 0.717) is 29.7 Å². The van der Waals surface area contributed by atoms with Gasteiger partial charge in [0.05, 0.1) is 5.52 Å². The molecular formula is C28H27F3N6O2. The van der Waals surface area contributed by atoms with Crippen molar-refractivity contribution in [1.82, 2.24) is 24.6 Å². The highest BCUT2D eigenvalue weighted by molar-refractivity contribution is 6.03. The van der Waals surface area contributed by atoms with Crippen LogP contribution < -0.4 is 5.32 Å². The maximum Gasteiger partial charge on any atom is 0.433 e. The van der Waals surface area contributed by atoms with Gasteiger partial charge in [0.25, 0.3) is 5.91 Å². The molecule has 0 radical (unpaired) electrons. The minimum absolute atomic E-state index is 0.0287. The Morgan fingerprint density at radius 1 is 0.974 bits per heavy atom. The number of anilines is 1. The van der Waals surface area contributed by atoms with E-state index in [1.54, 1.807) is 29.1 Å². The standard InChI is InChI=1S/C28H27F3N6O2/c1-19(20-6-3-2-4-7-20)35-12-14-36(15-13-35)26(38)18-37-17-21-16-22(10-11-23(21)34-37)32-27(39)24-8-5-9-25(33-24)28(29,30)31/h2-11,16-17,19H,12-15,18H2,1H3,(H,32,39). The van der Waals surface area contributed by atoms with Crippen LogP contribution in [0.25, 0.3) is 10.9 Å². The van der Waals surface area contributed by atoms with Gasteiger partial charge >= 0.3 is 6.18 Å². The Kier molecular flexibility index (Phi) is 7.34. The van der Waals surface area contributed by atoms with Crippen molar-refractivity contribution in [3.63, 3.8) is 0 Å². The summed E-state index contributed by atoms with van der Waals surface area (Å²) < 4.78 is 40.3. The first kappa shape index (κ1) is 26.4. The first-order valence-electron chi connectivity index (χ1n) is 12.6. The number of piperazine rings is 1. The molecule has 0 bridgehead atoms. The third-order valence-corrected chi connectivity index (χ3v) is 6.88. The van der Waals surface area contributed by atoms with Crippen LogP contribution in [0.1, 0.15) is 34.7 Å². The molecule has 3 heterocycles. The molecule has 2 amide bonds. The van der Waals surface area contributed by atoms with Gasteiger partial charge in [-0.3, -0.25) is 19.2 Å². The number of aromatic nitrogens is 3. The van der Waals surface area contributed by atoms with E-state index in [0.717, 1.165) is 25.2 Å². The molecule has 4 aromatic rings. The lowest BCUT2D eigenvalue weighted by atomic mass is 10.1. The molecule has 39 heavy (non-hydrogen) atoms. The zero-order valence-electron chi connectivity index (χ0n) is 21.2. The largest absolute Gasteiger partial charge is 0.433 e. The van der Waals surface area contributed by atoms with Gasteiger partial charge in [0.1, 0.15) is 17.9 Å². The number of benzene rings is 2. The summed E-state index contributed by atoms with van der Waals surface area (Å²) in [6, 6.07) is 18.7. The lowest BCUT2D eigenvalue weighted by molar-refractivity contribution is -0.141. The van der Waals surface area contributed by atoms with Crippen LogP contribution in [-0.2, 0) is 17.5 Å². The highest BCUT2D eigenvalue weighted by atomic mass is 19.4. The Morgan fingerprint density at radius 3 is 2.44 bits per heavy atom. The van der Waals surface area contributed by atoms with Gasteiger partial charge in [0.2, 0.25) is 5.91 Å². The Morgan fingerprint density at radius 2 is 1.72 bits per heavy atom. The summed E-state index contributed by atoms with van der Waals surface area (Å²) in [4.78, 5) is 33.1. The second kappa shape index (κ2) is 10.9. The number of carbonyl (C=O) groups is 2. The van der Waals surface area contributed by atoms with Crippen molar-refractivity contribution in [3.05, 3.63) is 89.9 Å². The van der Waals surface area contributed by atoms with E-state index in [-0.39, 0.29) is 24.2 Å². The minimum Gasteiger partial charge on any atom is -0.339 e. The van der Waals surface area contributed by atoms with E-state index in [2.05, 4.69) is 39.4 Å². The molecule has 0 spiro atoms. The number of fused-ring (bicyclic) bond motifs is 1. The van der Waals surface area contributed by atoms with Gasteiger partial charge in [0, 0.05) is 49.5 Å². The number of hydrogen-bond acceptors (Lipinski definition) is 5. The molecule has 0 saturated carbocycles. The number of halogens is 3. The predicted octanol–water partition coefficient (Wildman–Crippen LogP) is 4.61. The van der Waals surface area contributed by atoms with E-state index in [1.165, 1.54) is 11.6 Å². The van der Waals surface area contributed by atoms with Crippen molar-refractivity contribution < 1.29 is 22.8 Å². The SMILES string of the molecule is CC(c1ccccc1)N1CCN(C(=O)Cn2cc3cc(NC(=O)c4cccc(C(F)(F)F)n4)ccc3n2)CC1. The van der Waals surface area contributed by atoms with E-state index >= 15 is 0 Å². The summed E-state index contributed by atoms with van der Waals surface area (Å²) in [5, 5.41) is 7.71. The number of carbonyl (C=O) groups excluding carboxylic acids is 2. The molecule has 1 saturated heterocycles. The van der Waals surface area contributed by atoms with Gasteiger partial charge in [-0.05, 0) is 42.8 Å². The number of nitrogens with one attached hydrogen (secondary N) is 1. The maximum absolute atomic E-state index is 13.0. The molecule has 1 aliphatic heterocycles. The fourth-order valence-corrected chi connectivity index (χ4v) is 4.69. The van der Waals surface area contributed by atoms with Gasteiger partial charge in [-0.25, -0.2) is 4.98 Å². The van der Waals surface area contributed by atoms with Gasteiger partial charge in [-0.1, -0.05) is 36.4 Å². The summed E-state index contributed by atoms with van der Waals surface area (Å²) in [5.74, 6) is -0.789. The first-order chi connectivity index (χ1) is 18.7. The lowest BCUT2D eigenvalue weighted by Gasteiger charge is -2.38. The third kappa shape index (κ3) is 6.09. The zero-order chi connectivity index (χ0) is 27.6. The van der Waals surface area contributed by atoms with Gasteiger partial charge < -0.3 is 10.2 Å². The average Bonchev–Trinajstić information content (AvgIpc) is 3.34. The number of amides is 2. The molecule has 2 aromatic heterocycles. The van der Waals surface area contributed by atoms with Crippen LogP contribution in [0.15, 0.2) is 72.9 Å². The Labute approximate surface area is 223 Å². The molecule has 1 aliphatic rings. The van der Waals surface area contributed by atoms with Crippen LogP contribution in [0, 0.1) is 0 Å². The van der Waals surface area contributed by atoms with Crippen LogP contribution in [0.4, 0.5) is 18.9 Å². The first-order valence-corrected chi connectivity index (χ1v) is 12.6. The summed E-state index contributed by atoms with van der Waals surface area (Å²) in [5.41, 5.74) is 0.774. The summed E-state index contributed by atoms with van der Waals surface area (Å²) in [6.45, 7) is 5.10. The Balaban J connectivity index is 1.19. The molecule has 1 atom stereocenters. The van der Waals surface area contributed by atoms with Crippen LogP contribution in [0.3, 0.4) is 0 Å². The Bertz CT molecular complexity index is 1480. The van der Waals surface area contributed by atoms with Crippen molar-refractivity contribution in [2.75, 3.05) is 31.5 Å². The molecule has 1 unspecified atom stereocenters. The van der Waals surface area contributed by atoms with Crippen LogP contribution >= 0.6 is 0 Å². The normalized spacial score (nSPS) is 15.3. The van der Waals surface area contributed by atoms with E-state index < -0.39 is 17.8 Å². The van der Waals surface area contributed by atoms with E-state index in [1.807, 2.05) is 23.1 Å². The predicted molar refractivity (Wildman–Crippen MR) is 140 cm³/mol. The fraction of sp³-hybridized carbons (Fsp3) is 0.286. The molecule has 1 fully saturated rings. The molecular weight excluding hydrogens is 509 g/mol. The van der Waals surface area contributed by atoms with Crippen molar-refractivity contribution in [2.45, 2.75) is 25.7 Å². The summed E-state index contributed by atoms with van der Waals surface area (Å²) >= 11 is 0. The van der Waals surface area contributed by atoms with Crippen LogP contribution in [0.5, 0.6) is 0 Å².